The molecule has 0 aromatic heterocycles. The molecule has 23 heavy (non-hydrogen) atoms. The fourth-order valence-corrected chi connectivity index (χ4v) is 3.55. The van der Waals surface area contributed by atoms with E-state index < -0.39 is 14.9 Å². The first kappa shape index (κ1) is 17.7. The van der Waals surface area contributed by atoms with Crippen LogP contribution in [0, 0.1) is 17.0 Å². The molecule has 9 heteroatoms. The predicted molar refractivity (Wildman–Crippen MR) is 92.6 cm³/mol. The Bertz CT molecular complexity index is 886. The normalized spacial score (nSPS) is 11.3. The zero-order valence-corrected chi connectivity index (χ0v) is 15.3. The van der Waals surface area contributed by atoms with Crippen molar-refractivity contribution in [3.63, 3.8) is 0 Å². The molecule has 0 bridgehead atoms. The lowest BCUT2D eigenvalue weighted by Crippen LogP contribution is -2.26. The molecule has 0 aliphatic rings. The molecule has 122 valence electrons. The highest BCUT2D eigenvalue weighted by molar-refractivity contribution is 9.10. The Kier molecular flexibility index (Phi) is 4.98. The van der Waals surface area contributed by atoms with E-state index in [1.54, 1.807) is 19.1 Å². The highest BCUT2D eigenvalue weighted by Gasteiger charge is 2.25. The van der Waals surface area contributed by atoms with E-state index in [0.717, 1.165) is 10.4 Å². The fourth-order valence-electron chi connectivity index (χ4n) is 1.92. The molecule has 2 aromatic rings. The van der Waals surface area contributed by atoms with E-state index in [4.69, 9.17) is 11.6 Å². The number of nitro groups is 1. The van der Waals surface area contributed by atoms with Crippen LogP contribution in [0.2, 0.25) is 5.02 Å². The first-order valence-corrected chi connectivity index (χ1v) is 8.94. The van der Waals surface area contributed by atoms with Gasteiger partial charge >= 0.3 is 0 Å². The number of sulfonamides is 1. The maximum atomic E-state index is 12.7. The van der Waals surface area contributed by atoms with Crippen molar-refractivity contribution >= 4 is 48.9 Å². The van der Waals surface area contributed by atoms with E-state index in [1.807, 2.05) is 0 Å². The van der Waals surface area contributed by atoms with Crippen molar-refractivity contribution in [2.75, 3.05) is 11.4 Å². The molecule has 0 radical (unpaired) electrons. The zero-order chi connectivity index (χ0) is 17.4. The van der Waals surface area contributed by atoms with E-state index in [-0.39, 0.29) is 10.6 Å². The van der Waals surface area contributed by atoms with Crippen molar-refractivity contribution in [2.45, 2.75) is 11.8 Å². The number of nitrogens with zero attached hydrogens (tertiary/aromatic N) is 2. The second kappa shape index (κ2) is 6.46. The van der Waals surface area contributed by atoms with Gasteiger partial charge in [-0.1, -0.05) is 17.7 Å². The van der Waals surface area contributed by atoms with Gasteiger partial charge in [0.25, 0.3) is 15.7 Å². The molecule has 0 atom stereocenters. The number of anilines is 1. The number of aryl methyl sites for hydroxylation is 1. The van der Waals surface area contributed by atoms with Crippen molar-refractivity contribution in [1.29, 1.82) is 0 Å². The van der Waals surface area contributed by atoms with Gasteiger partial charge in [0.1, 0.15) is 0 Å². The minimum Gasteiger partial charge on any atom is -0.269 e. The van der Waals surface area contributed by atoms with Crippen LogP contribution in [-0.2, 0) is 10.0 Å². The van der Waals surface area contributed by atoms with Crippen LogP contribution in [-0.4, -0.2) is 20.4 Å². The topological polar surface area (TPSA) is 80.5 Å². The van der Waals surface area contributed by atoms with Gasteiger partial charge < -0.3 is 0 Å². The number of rotatable bonds is 4. The Morgan fingerprint density at radius 1 is 1.22 bits per heavy atom. The highest BCUT2D eigenvalue weighted by Crippen LogP contribution is 2.31. The molecule has 6 nitrogen and oxygen atoms in total. The fraction of sp³-hybridized carbons (Fsp3) is 0.143. The van der Waals surface area contributed by atoms with Crippen LogP contribution in [0.25, 0.3) is 0 Å². The summed E-state index contributed by atoms with van der Waals surface area (Å²) in [6, 6.07) is 8.51. The third-order valence-corrected chi connectivity index (χ3v) is 6.32. The van der Waals surface area contributed by atoms with Crippen LogP contribution in [0.5, 0.6) is 0 Å². The summed E-state index contributed by atoms with van der Waals surface area (Å²) in [7, 11) is -2.58. The molecule has 0 aliphatic heterocycles. The largest absolute Gasteiger partial charge is 0.273 e. The van der Waals surface area contributed by atoms with Crippen LogP contribution in [0.3, 0.4) is 0 Å². The first-order valence-electron chi connectivity index (χ1n) is 6.33. The van der Waals surface area contributed by atoms with E-state index in [9.17, 15) is 18.5 Å². The number of hydrogen-bond donors (Lipinski definition) is 0. The quantitative estimate of drug-likeness (QED) is 0.551. The molecule has 0 fully saturated rings. The van der Waals surface area contributed by atoms with Crippen LogP contribution in [0.15, 0.2) is 45.8 Å². The Labute approximate surface area is 147 Å². The molecule has 0 heterocycles. The standard InChI is InChI=1S/C14H12BrClN2O4S/c1-9-3-5-11(8-14(9)18(19)20)23(21,22)17(2)10-4-6-12(15)13(16)7-10/h3-8H,1-2H3. The molecule has 0 spiro atoms. The number of benzene rings is 2. The summed E-state index contributed by atoms with van der Waals surface area (Å²) < 4.78 is 27.0. The smallest absolute Gasteiger partial charge is 0.269 e. The third kappa shape index (κ3) is 3.49. The van der Waals surface area contributed by atoms with Gasteiger partial charge in [-0.25, -0.2) is 8.42 Å². The van der Waals surface area contributed by atoms with Crippen molar-refractivity contribution in [1.82, 2.24) is 0 Å². The molecule has 0 saturated carbocycles. The van der Waals surface area contributed by atoms with Gasteiger partial charge in [0.2, 0.25) is 0 Å². The first-order chi connectivity index (χ1) is 10.6. The monoisotopic (exact) mass is 418 g/mol. The van der Waals surface area contributed by atoms with Gasteiger partial charge in [0.15, 0.2) is 0 Å². The number of hydrogen-bond acceptors (Lipinski definition) is 4. The maximum Gasteiger partial charge on any atom is 0.273 e. The summed E-state index contributed by atoms with van der Waals surface area (Å²) in [5.41, 5.74) is 0.498. The van der Waals surface area contributed by atoms with Crippen molar-refractivity contribution in [2.24, 2.45) is 0 Å². The van der Waals surface area contributed by atoms with Gasteiger partial charge in [-0.2, -0.15) is 0 Å². The summed E-state index contributed by atoms with van der Waals surface area (Å²) >= 11 is 9.22. The van der Waals surface area contributed by atoms with Gasteiger partial charge in [0.05, 0.1) is 20.5 Å². The predicted octanol–water partition coefficient (Wildman–Crippen LogP) is 4.14. The maximum absolute atomic E-state index is 12.7. The minimum absolute atomic E-state index is 0.156. The third-order valence-electron chi connectivity index (χ3n) is 3.30. The van der Waals surface area contributed by atoms with Gasteiger partial charge in [-0.05, 0) is 47.1 Å². The lowest BCUT2D eigenvalue weighted by atomic mass is 10.2. The van der Waals surface area contributed by atoms with Gasteiger partial charge in [-0.15, -0.1) is 0 Å². The SMILES string of the molecule is Cc1ccc(S(=O)(=O)N(C)c2ccc(Br)c(Cl)c2)cc1[N+](=O)[O-]. The van der Waals surface area contributed by atoms with Crippen LogP contribution >= 0.6 is 27.5 Å². The van der Waals surface area contributed by atoms with Gasteiger partial charge in [0, 0.05) is 23.2 Å². The zero-order valence-electron chi connectivity index (χ0n) is 12.2. The number of nitro benzene ring substituents is 1. The Morgan fingerprint density at radius 2 is 1.87 bits per heavy atom. The lowest BCUT2D eigenvalue weighted by molar-refractivity contribution is -0.385. The average Bonchev–Trinajstić information content (AvgIpc) is 2.49. The Hall–Kier alpha value is -1.64. The summed E-state index contributed by atoms with van der Waals surface area (Å²) in [6.07, 6.45) is 0. The molecule has 0 aliphatic carbocycles. The molecule has 0 saturated heterocycles. The molecule has 0 unspecified atom stereocenters. The van der Waals surface area contributed by atoms with Crippen LogP contribution in [0.1, 0.15) is 5.56 Å². The molecule has 0 N–H and O–H groups in total. The summed E-state index contributed by atoms with van der Waals surface area (Å²) in [5, 5.41) is 11.4. The molecule has 0 amide bonds. The lowest BCUT2D eigenvalue weighted by Gasteiger charge is -2.20. The second-order valence-electron chi connectivity index (χ2n) is 4.78. The van der Waals surface area contributed by atoms with Crippen molar-refractivity contribution < 1.29 is 13.3 Å². The Balaban J connectivity index is 2.51. The number of halogens is 2. The molecule has 2 aromatic carbocycles. The molecular weight excluding hydrogens is 408 g/mol. The van der Waals surface area contributed by atoms with Crippen molar-refractivity contribution in [3.8, 4) is 0 Å². The van der Waals surface area contributed by atoms with Crippen LogP contribution in [0.4, 0.5) is 11.4 Å². The highest BCUT2D eigenvalue weighted by atomic mass is 79.9. The van der Waals surface area contributed by atoms with Crippen molar-refractivity contribution in [3.05, 3.63) is 61.6 Å². The Morgan fingerprint density at radius 3 is 2.43 bits per heavy atom. The average molecular weight is 420 g/mol. The minimum atomic E-state index is -3.94. The van der Waals surface area contributed by atoms with E-state index >= 15 is 0 Å². The summed E-state index contributed by atoms with van der Waals surface area (Å²) in [6.45, 7) is 1.55. The van der Waals surface area contributed by atoms with Crippen LogP contribution < -0.4 is 4.31 Å². The summed E-state index contributed by atoms with van der Waals surface area (Å²) in [4.78, 5) is 10.2. The molecular formula is C14H12BrClN2O4S. The van der Waals surface area contributed by atoms with E-state index in [0.29, 0.717) is 20.7 Å². The second-order valence-corrected chi connectivity index (χ2v) is 8.01. The molecule has 2 rings (SSSR count). The van der Waals surface area contributed by atoms with E-state index in [1.165, 1.54) is 25.2 Å². The van der Waals surface area contributed by atoms with E-state index in [2.05, 4.69) is 15.9 Å². The van der Waals surface area contributed by atoms with Gasteiger partial charge in [-0.3, -0.25) is 14.4 Å². The summed E-state index contributed by atoms with van der Waals surface area (Å²) in [5.74, 6) is 0.